The average molecular weight is 578 g/mol. The van der Waals surface area contributed by atoms with Gasteiger partial charge < -0.3 is 4.74 Å². The molecule has 35 heavy (non-hydrogen) atoms. The first kappa shape index (κ1) is 25.2. The molecule has 0 spiro atoms. The Morgan fingerprint density at radius 1 is 1.17 bits per heavy atom. The monoisotopic (exact) mass is 576 g/mol. The van der Waals surface area contributed by atoms with Crippen LogP contribution in [0.25, 0.3) is 5.69 Å². The van der Waals surface area contributed by atoms with Gasteiger partial charge in [0.15, 0.2) is 5.16 Å². The Kier molecular flexibility index (Phi) is 8.04. The van der Waals surface area contributed by atoms with Crippen LogP contribution < -0.4 is 4.74 Å². The van der Waals surface area contributed by atoms with Crippen LogP contribution in [-0.2, 0) is 6.61 Å². The molecule has 1 heterocycles. The Bertz CT molecular complexity index is 1350. The highest BCUT2D eigenvalue weighted by atomic mass is 79.9. The molecule has 0 amide bonds. The molecule has 0 N–H and O–H groups in total. The molecule has 0 fully saturated rings. The van der Waals surface area contributed by atoms with Crippen molar-refractivity contribution < 1.29 is 14.1 Å². The van der Waals surface area contributed by atoms with E-state index in [4.69, 9.17) is 16.3 Å². The standard InChI is InChI=1S/C24H19BrClFN4O3S/c1-15-28-29-24(31(15)20-8-6-18(26)7-9-20)35-23(13-30(32)33)17-5-10-22(21(25)12-17)34-14-16-3-2-4-19(27)11-16/h2-12,23H,13-14H2,1H3/t23-/m1/s1. The van der Waals surface area contributed by atoms with Crippen molar-refractivity contribution in [3.8, 4) is 11.4 Å². The summed E-state index contributed by atoms with van der Waals surface area (Å²) in [5, 5.41) is 20.5. The summed E-state index contributed by atoms with van der Waals surface area (Å²) in [6.45, 7) is 1.69. The van der Waals surface area contributed by atoms with E-state index in [2.05, 4.69) is 26.1 Å². The van der Waals surface area contributed by atoms with Crippen LogP contribution in [-0.4, -0.2) is 26.2 Å². The zero-order valence-electron chi connectivity index (χ0n) is 18.4. The van der Waals surface area contributed by atoms with Crippen LogP contribution in [0.5, 0.6) is 5.75 Å². The van der Waals surface area contributed by atoms with Crippen LogP contribution in [0.1, 0.15) is 22.2 Å². The number of benzene rings is 3. The summed E-state index contributed by atoms with van der Waals surface area (Å²) in [7, 11) is 0. The Hall–Kier alpha value is -2.95. The summed E-state index contributed by atoms with van der Waals surface area (Å²) >= 11 is 10.8. The fourth-order valence-electron chi connectivity index (χ4n) is 3.40. The van der Waals surface area contributed by atoms with Gasteiger partial charge in [-0.25, -0.2) is 4.39 Å². The first-order valence-electron chi connectivity index (χ1n) is 10.4. The van der Waals surface area contributed by atoms with E-state index in [0.29, 0.717) is 31.8 Å². The van der Waals surface area contributed by atoms with E-state index in [1.54, 1.807) is 42.5 Å². The van der Waals surface area contributed by atoms with Crippen LogP contribution in [0, 0.1) is 22.9 Å². The average Bonchev–Trinajstić information content (AvgIpc) is 3.18. The molecule has 0 unspecified atom stereocenters. The summed E-state index contributed by atoms with van der Waals surface area (Å²) in [6, 6.07) is 18.7. The fourth-order valence-corrected chi connectivity index (χ4v) is 5.20. The molecular formula is C24H19BrClFN4O3S. The smallest absolute Gasteiger partial charge is 0.220 e. The van der Waals surface area contributed by atoms with Crippen LogP contribution in [0.4, 0.5) is 4.39 Å². The number of rotatable bonds is 9. The number of aromatic nitrogens is 3. The molecule has 180 valence electrons. The molecule has 11 heteroatoms. The lowest BCUT2D eigenvalue weighted by molar-refractivity contribution is -0.479. The van der Waals surface area contributed by atoms with E-state index in [1.165, 1.54) is 23.9 Å². The molecule has 0 saturated heterocycles. The van der Waals surface area contributed by atoms with Crippen LogP contribution in [0.2, 0.25) is 5.02 Å². The SMILES string of the molecule is Cc1nnc(S[C@H](C[N+](=O)[O-])c2ccc(OCc3cccc(F)c3)c(Br)c2)n1-c1ccc(Cl)cc1. The lowest BCUT2D eigenvalue weighted by Crippen LogP contribution is -2.11. The molecule has 1 atom stereocenters. The minimum atomic E-state index is -0.534. The van der Waals surface area contributed by atoms with Gasteiger partial charge in [-0.3, -0.25) is 14.7 Å². The van der Waals surface area contributed by atoms with Crippen molar-refractivity contribution in [1.82, 2.24) is 14.8 Å². The number of halogens is 3. The summed E-state index contributed by atoms with van der Waals surface area (Å²) < 4.78 is 21.7. The highest BCUT2D eigenvalue weighted by Gasteiger charge is 2.24. The largest absolute Gasteiger partial charge is 0.488 e. The van der Waals surface area contributed by atoms with Crippen molar-refractivity contribution in [1.29, 1.82) is 0 Å². The summed E-state index contributed by atoms with van der Waals surface area (Å²) in [6.07, 6.45) is 0. The van der Waals surface area contributed by atoms with E-state index in [9.17, 15) is 14.5 Å². The summed E-state index contributed by atoms with van der Waals surface area (Å²) in [5.41, 5.74) is 2.22. The molecule has 0 saturated carbocycles. The van der Waals surface area contributed by atoms with E-state index >= 15 is 0 Å². The molecule has 0 aliphatic carbocycles. The lowest BCUT2D eigenvalue weighted by atomic mass is 10.1. The fraction of sp³-hybridized carbons (Fsp3) is 0.167. The number of nitrogens with zero attached hydrogens (tertiary/aromatic N) is 4. The van der Waals surface area contributed by atoms with Gasteiger partial charge in [-0.1, -0.05) is 41.6 Å². The summed E-state index contributed by atoms with van der Waals surface area (Å²) in [5.74, 6) is 0.863. The maximum absolute atomic E-state index is 13.4. The Morgan fingerprint density at radius 2 is 1.94 bits per heavy atom. The molecule has 4 aromatic rings. The van der Waals surface area contributed by atoms with Gasteiger partial charge in [0.25, 0.3) is 0 Å². The molecule has 0 aliphatic rings. The van der Waals surface area contributed by atoms with Gasteiger partial charge in [0.05, 0.1) is 4.47 Å². The number of aryl methyl sites for hydroxylation is 1. The van der Waals surface area contributed by atoms with Crippen molar-refractivity contribution in [3.05, 3.63) is 109 Å². The third-order valence-corrected chi connectivity index (χ3v) is 7.11. The Morgan fingerprint density at radius 3 is 2.63 bits per heavy atom. The third-order valence-electron chi connectivity index (χ3n) is 5.05. The van der Waals surface area contributed by atoms with E-state index in [0.717, 1.165) is 11.3 Å². The third kappa shape index (κ3) is 6.39. The Balaban J connectivity index is 1.57. The molecule has 7 nitrogen and oxygen atoms in total. The highest BCUT2D eigenvalue weighted by molar-refractivity contribution is 9.10. The molecular weight excluding hydrogens is 559 g/mol. The highest BCUT2D eigenvalue weighted by Crippen LogP contribution is 2.39. The molecule has 0 bridgehead atoms. The zero-order valence-corrected chi connectivity index (χ0v) is 21.6. The lowest BCUT2D eigenvalue weighted by Gasteiger charge is -2.16. The maximum Gasteiger partial charge on any atom is 0.220 e. The number of hydrogen-bond acceptors (Lipinski definition) is 6. The predicted molar refractivity (Wildman–Crippen MR) is 136 cm³/mol. The van der Waals surface area contributed by atoms with Crippen molar-refractivity contribution in [2.45, 2.75) is 23.9 Å². The number of thioether (sulfide) groups is 1. The molecule has 0 radical (unpaired) electrons. The quantitative estimate of drug-likeness (QED) is 0.123. The normalized spacial score (nSPS) is 11.9. The van der Waals surface area contributed by atoms with Crippen molar-refractivity contribution >= 4 is 39.3 Å². The molecule has 3 aromatic carbocycles. The van der Waals surface area contributed by atoms with E-state index in [1.807, 2.05) is 23.6 Å². The number of nitro groups is 1. The van der Waals surface area contributed by atoms with E-state index < -0.39 is 5.25 Å². The second-order valence-electron chi connectivity index (χ2n) is 7.57. The first-order valence-corrected chi connectivity index (χ1v) is 12.5. The first-order chi connectivity index (χ1) is 16.8. The second kappa shape index (κ2) is 11.2. The molecule has 4 rings (SSSR count). The minimum Gasteiger partial charge on any atom is -0.488 e. The van der Waals surface area contributed by atoms with Crippen LogP contribution in [0.3, 0.4) is 0 Å². The maximum atomic E-state index is 13.4. The zero-order chi connectivity index (χ0) is 24.9. The van der Waals surface area contributed by atoms with Gasteiger partial charge in [0.1, 0.15) is 29.2 Å². The molecule has 0 aliphatic heterocycles. The molecule has 1 aromatic heterocycles. The van der Waals surface area contributed by atoms with Gasteiger partial charge >= 0.3 is 0 Å². The van der Waals surface area contributed by atoms with Gasteiger partial charge in [-0.2, -0.15) is 0 Å². The number of ether oxygens (including phenoxy) is 1. The van der Waals surface area contributed by atoms with Gasteiger partial charge in [-0.05, 0) is 82.5 Å². The van der Waals surface area contributed by atoms with Gasteiger partial charge in [0.2, 0.25) is 6.54 Å². The van der Waals surface area contributed by atoms with Gasteiger partial charge in [0, 0.05) is 15.6 Å². The minimum absolute atomic E-state index is 0.187. The van der Waals surface area contributed by atoms with E-state index in [-0.39, 0.29) is 23.9 Å². The van der Waals surface area contributed by atoms with Crippen molar-refractivity contribution in [2.24, 2.45) is 0 Å². The van der Waals surface area contributed by atoms with Crippen LogP contribution >= 0.6 is 39.3 Å². The predicted octanol–water partition coefficient (Wildman–Crippen LogP) is 6.82. The topological polar surface area (TPSA) is 83.1 Å². The second-order valence-corrected chi connectivity index (χ2v) is 10.0. The summed E-state index contributed by atoms with van der Waals surface area (Å²) in [4.78, 5) is 11.1. The van der Waals surface area contributed by atoms with Crippen molar-refractivity contribution in [2.75, 3.05) is 6.54 Å². The van der Waals surface area contributed by atoms with Crippen LogP contribution in [0.15, 0.2) is 76.4 Å². The number of hydrogen-bond donors (Lipinski definition) is 0. The Labute approximate surface area is 218 Å². The van der Waals surface area contributed by atoms with Gasteiger partial charge in [-0.15, -0.1) is 10.2 Å². The van der Waals surface area contributed by atoms with Crippen molar-refractivity contribution in [3.63, 3.8) is 0 Å².